The van der Waals surface area contributed by atoms with Crippen LogP contribution >= 0.6 is 0 Å². The molecule has 0 atom stereocenters. The smallest absolute Gasteiger partial charge is 0.533 e. The van der Waals surface area contributed by atoms with Crippen molar-refractivity contribution in [3.05, 3.63) is 12.3 Å². The van der Waals surface area contributed by atoms with Gasteiger partial charge in [-0.05, 0) is 13.1 Å². The summed E-state index contributed by atoms with van der Waals surface area (Å²) < 4.78 is 17.8. The minimum Gasteiger partial charge on any atom is -0.533 e. The van der Waals surface area contributed by atoms with Crippen LogP contribution in [0.4, 0.5) is 0 Å². The van der Waals surface area contributed by atoms with Crippen LogP contribution in [0.5, 0.6) is 0 Å². The maximum absolute atomic E-state index is 5.94. The van der Waals surface area contributed by atoms with E-state index >= 15 is 0 Å². The molecule has 0 N–H and O–H groups in total. The van der Waals surface area contributed by atoms with E-state index in [9.17, 15) is 0 Å². The molecule has 0 aromatic heterocycles. The van der Waals surface area contributed by atoms with Gasteiger partial charge in [-0.15, -0.1) is 9.04 Å². The molecule has 0 saturated carbocycles. The van der Waals surface area contributed by atoms with Gasteiger partial charge >= 0.3 is 17.5 Å². The average Bonchev–Trinajstić information content (AvgIpc) is 1.99. The molecule has 0 aliphatic rings. The predicted octanol–water partition coefficient (Wildman–Crippen LogP) is 2.40. The quantitative estimate of drug-likeness (QED) is 0.551. The van der Waals surface area contributed by atoms with Crippen LogP contribution in [0.15, 0.2) is 12.3 Å². The van der Waals surface area contributed by atoms with Crippen molar-refractivity contribution in [2.24, 2.45) is 0 Å². The van der Waals surface area contributed by atoms with E-state index in [1.54, 1.807) is 5.70 Å². The molecule has 7 heteroatoms. The van der Waals surface area contributed by atoms with E-state index in [0.29, 0.717) is 0 Å². The van der Waals surface area contributed by atoms with Crippen molar-refractivity contribution < 1.29 is 12.0 Å². The molecule has 0 heterocycles. The minimum atomic E-state index is -2.56. The Morgan fingerprint density at radius 1 is 1.27 bits per heavy atom. The molecule has 0 rings (SSSR count). The van der Waals surface area contributed by atoms with Gasteiger partial charge in [0.1, 0.15) is 0 Å². The summed E-state index contributed by atoms with van der Waals surface area (Å²) in [5.74, 6) is 0. The first kappa shape index (κ1) is 15.3. The molecule has 0 aliphatic heterocycles. The lowest BCUT2D eigenvalue weighted by atomic mass is 11.3. The van der Waals surface area contributed by atoms with Crippen LogP contribution in [0.1, 0.15) is 0 Å². The van der Waals surface area contributed by atoms with Crippen molar-refractivity contribution in [2.45, 2.75) is 39.3 Å². The van der Waals surface area contributed by atoms with Crippen LogP contribution in [-0.2, 0) is 12.0 Å². The van der Waals surface area contributed by atoms with Crippen LogP contribution in [0, 0.1) is 0 Å². The molecule has 0 aromatic carbocycles. The number of hydrogen-bond acceptors (Lipinski definition) is 2. The van der Waals surface area contributed by atoms with Gasteiger partial charge in [0.15, 0.2) is 0 Å². The van der Waals surface area contributed by atoms with E-state index in [1.807, 2.05) is 0 Å². The summed E-state index contributed by atoms with van der Waals surface area (Å²) in [6, 6.07) is 0. The third-order valence-electron chi connectivity index (χ3n) is 1.29. The molecule has 1 radical (unpaired) electrons. The Morgan fingerprint density at radius 2 is 1.80 bits per heavy atom. The van der Waals surface area contributed by atoms with Crippen molar-refractivity contribution in [1.82, 2.24) is 0 Å². The standard InChI is InChI=1S/C8H21O3Si4/c1-8-15(9-12(2)3,10-13(4)5)11-14(6)7/h8H,1H2,2-7H3. The lowest BCUT2D eigenvalue weighted by Gasteiger charge is -2.26. The van der Waals surface area contributed by atoms with E-state index in [0.717, 1.165) is 0 Å². The molecule has 87 valence electrons. The van der Waals surface area contributed by atoms with Crippen LogP contribution in [0.2, 0.25) is 39.3 Å². The zero-order chi connectivity index (χ0) is 12.1. The van der Waals surface area contributed by atoms with Crippen molar-refractivity contribution in [2.75, 3.05) is 0 Å². The monoisotopic (exact) mass is 277 g/mol. The molecular formula is C8H21O3Si4. The zero-order valence-corrected chi connectivity index (χ0v) is 14.5. The van der Waals surface area contributed by atoms with E-state index in [-0.39, 0.29) is 0 Å². The minimum absolute atomic E-state index is 0.820. The van der Waals surface area contributed by atoms with Crippen LogP contribution in [0.3, 0.4) is 0 Å². The molecule has 0 aliphatic carbocycles. The largest absolute Gasteiger partial charge is 0.802 e. The summed E-state index contributed by atoms with van der Waals surface area (Å²) in [5, 5.41) is 0. The zero-order valence-electron chi connectivity index (χ0n) is 10.5. The highest BCUT2D eigenvalue weighted by molar-refractivity contribution is 6.79. The summed E-state index contributed by atoms with van der Waals surface area (Å²) in [6.45, 7) is 16.4. The Bertz CT molecular complexity index is 226. The average molecular weight is 278 g/mol. The van der Waals surface area contributed by atoms with Gasteiger partial charge in [-0.1, -0.05) is 6.58 Å². The van der Waals surface area contributed by atoms with Gasteiger partial charge in [-0.3, -0.25) is 0 Å². The van der Waals surface area contributed by atoms with Crippen molar-refractivity contribution in [3.63, 3.8) is 0 Å². The van der Waals surface area contributed by atoms with Crippen molar-refractivity contribution in [3.8, 4) is 0 Å². The molecule has 0 unspecified atom stereocenters. The third-order valence-corrected chi connectivity index (χ3v) is 10.1. The van der Waals surface area contributed by atoms with Gasteiger partial charge in [0.2, 0.25) is 9.04 Å². The second-order valence-corrected chi connectivity index (χ2v) is 13.4. The molecule has 0 fully saturated rings. The predicted molar refractivity (Wildman–Crippen MR) is 71.3 cm³/mol. The van der Waals surface area contributed by atoms with E-state index in [4.69, 9.17) is 12.0 Å². The van der Waals surface area contributed by atoms with Crippen LogP contribution < -0.4 is 0 Å². The second-order valence-electron chi connectivity index (χ2n) is 3.84. The molecule has 0 amide bonds. The maximum Gasteiger partial charge on any atom is 0.802 e. The first-order valence-electron chi connectivity index (χ1n) is 4.92. The Morgan fingerprint density at radius 3 is 2.07 bits per heavy atom. The molecule has 0 spiro atoms. The Balaban J connectivity index is 4.92. The van der Waals surface area contributed by atoms with Gasteiger partial charge < -0.3 is 12.0 Å². The summed E-state index contributed by atoms with van der Waals surface area (Å²) in [4.78, 5) is 0. The van der Waals surface area contributed by atoms with Gasteiger partial charge in [0.25, 0.3) is 0 Å². The van der Waals surface area contributed by atoms with Gasteiger partial charge in [-0.2, -0.15) is 13.1 Å². The van der Waals surface area contributed by atoms with Gasteiger partial charge in [0, 0.05) is 18.8 Å². The number of hydrogen-bond donors (Lipinski definition) is 0. The highest BCUT2D eigenvalue weighted by Crippen LogP contribution is 2.11. The van der Waals surface area contributed by atoms with E-state index < -0.39 is 35.6 Å². The lowest BCUT2D eigenvalue weighted by Crippen LogP contribution is -2.48. The Hall–Kier alpha value is 0.328. The summed E-state index contributed by atoms with van der Waals surface area (Å²) in [6.07, 6.45) is 0. The van der Waals surface area contributed by atoms with Crippen molar-refractivity contribution >= 4 is 35.6 Å². The fraction of sp³-hybridized carbons (Fsp3) is 0.750. The normalized spacial score (nSPS) is 15.2. The molecule has 0 bridgehead atoms. The first-order valence-corrected chi connectivity index (χ1v) is 13.9. The first-order chi connectivity index (χ1) is 6.81. The summed E-state index contributed by atoms with van der Waals surface area (Å²) >= 11 is 0. The molecule has 0 saturated heterocycles. The van der Waals surface area contributed by atoms with E-state index in [1.165, 1.54) is 0 Å². The summed E-state index contributed by atoms with van der Waals surface area (Å²) in [5.41, 5.74) is 1.78. The van der Waals surface area contributed by atoms with Crippen LogP contribution in [-0.4, -0.2) is 35.6 Å². The van der Waals surface area contributed by atoms with Crippen molar-refractivity contribution in [1.29, 1.82) is 0 Å². The summed E-state index contributed by atoms with van der Waals surface area (Å²) in [7, 11) is -5.02. The fourth-order valence-corrected chi connectivity index (χ4v) is 10.5. The molecule has 0 aromatic rings. The van der Waals surface area contributed by atoms with E-state index in [2.05, 4.69) is 45.9 Å². The lowest BCUT2D eigenvalue weighted by molar-refractivity contribution is 0.173. The highest BCUT2D eigenvalue weighted by Gasteiger charge is 2.50. The molecule has 15 heavy (non-hydrogen) atoms. The second kappa shape index (κ2) is 6.81. The SMILES string of the molecule is C=C[Si](O[Si](C)C)(O[Si-](C)C)[O+]=[Si](C)C. The number of rotatable bonds is 6. The fourth-order valence-electron chi connectivity index (χ4n) is 1.04. The van der Waals surface area contributed by atoms with Gasteiger partial charge in [0.05, 0.1) is 0 Å². The maximum atomic E-state index is 5.94. The topological polar surface area (TPSA) is 29.8 Å². The van der Waals surface area contributed by atoms with Crippen LogP contribution in [0.25, 0.3) is 0 Å². The molecular weight excluding hydrogens is 256 g/mol. The van der Waals surface area contributed by atoms with Gasteiger partial charge in [-0.25, -0.2) is 0 Å². The molecule has 3 nitrogen and oxygen atoms in total. The highest BCUT2D eigenvalue weighted by atomic mass is 28.5. The third kappa shape index (κ3) is 6.48. The Labute approximate surface area is 99.3 Å². The Kier molecular flexibility index (Phi) is 6.96.